The highest BCUT2D eigenvalue weighted by Gasteiger charge is 2.12. The van der Waals surface area contributed by atoms with E-state index in [1.54, 1.807) is 17.8 Å². The van der Waals surface area contributed by atoms with E-state index in [-0.39, 0.29) is 6.17 Å². The fraction of sp³-hybridized carbons (Fsp3) is 0.111. The number of thiocarbonyl (C=S) groups is 1. The van der Waals surface area contributed by atoms with Crippen LogP contribution in [0.25, 0.3) is 5.70 Å². The molecule has 0 bridgehead atoms. The predicted molar refractivity (Wildman–Crippen MR) is 55.9 cm³/mol. The average Bonchev–Trinajstić information content (AvgIpc) is 2.67. The van der Waals surface area contributed by atoms with Gasteiger partial charge in [-0.1, -0.05) is 12.2 Å². The summed E-state index contributed by atoms with van der Waals surface area (Å²) in [6.45, 7) is 0. The Balaban J connectivity index is 2.17. The van der Waals surface area contributed by atoms with Crippen LogP contribution in [0.4, 0.5) is 0 Å². The fourth-order valence-corrected chi connectivity index (χ4v) is 1.34. The van der Waals surface area contributed by atoms with Crippen LogP contribution < -0.4 is 10.6 Å². The Kier molecular flexibility index (Phi) is 2.23. The second-order valence-electron chi connectivity index (χ2n) is 2.72. The van der Waals surface area contributed by atoms with Gasteiger partial charge in [0, 0.05) is 29.5 Å². The molecule has 3 nitrogen and oxygen atoms in total. The van der Waals surface area contributed by atoms with Gasteiger partial charge in [0.1, 0.15) is 6.17 Å². The van der Waals surface area contributed by atoms with Crippen LogP contribution in [0.3, 0.4) is 0 Å². The molecule has 4 heteroatoms. The number of rotatable bonds is 2. The smallest absolute Gasteiger partial charge is 0.126 e. The highest BCUT2D eigenvalue weighted by atomic mass is 32.1. The molecule has 1 unspecified atom stereocenters. The number of hydrogen-bond acceptors (Lipinski definition) is 4. The van der Waals surface area contributed by atoms with E-state index < -0.39 is 0 Å². The van der Waals surface area contributed by atoms with Crippen molar-refractivity contribution in [3.05, 3.63) is 36.3 Å². The maximum Gasteiger partial charge on any atom is 0.126 e. The van der Waals surface area contributed by atoms with E-state index in [2.05, 4.69) is 15.6 Å². The number of pyridine rings is 1. The molecule has 0 aliphatic carbocycles. The summed E-state index contributed by atoms with van der Waals surface area (Å²) in [5, 5.41) is 7.98. The van der Waals surface area contributed by atoms with Crippen molar-refractivity contribution >= 4 is 23.3 Å². The second kappa shape index (κ2) is 3.53. The van der Waals surface area contributed by atoms with Gasteiger partial charge >= 0.3 is 0 Å². The molecular weight excluding hydrogens is 182 g/mol. The summed E-state index contributed by atoms with van der Waals surface area (Å²) in [4.78, 5) is 3.95. The summed E-state index contributed by atoms with van der Waals surface area (Å²) in [6, 6.07) is 3.90. The molecule has 0 saturated carbocycles. The van der Waals surface area contributed by atoms with E-state index in [1.165, 1.54) is 0 Å². The van der Waals surface area contributed by atoms with Crippen LogP contribution in [0, 0.1) is 0 Å². The first-order chi connectivity index (χ1) is 6.40. The summed E-state index contributed by atoms with van der Waals surface area (Å²) in [6.07, 6.45) is 5.52. The SMILES string of the molecule is S=CC1NC=C(c2ccncc2)N1. The van der Waals surface area contributed by atoms with Gasteiger partial charge in [0.2, 0.25) is 0 Å². The fourth-order valence-electron chi connectivity index (χ4n) is 1.20. The largest absolute Gasteiger partial charge is 0.366 e. The van der Waals surface area contributed by atoms with Crippen molar-refractivity contribution in [1.82, 2.24) is 15.6 Å². The molecule has 1 aliphatic heterocycles. The maximum absolute atomic E-state index is 4.82. The third-order valence-corrected chi connectivity index (χ3v) is 2.12. The van der Waals surface area contributed by atoms with Crippen LogP contribution in [-0.4, -0.2) is 16.5 Å². The van der Waals surface area contributed by atoms with Gasteiger partial charge in [-0.25, -0.2) is 0 Å². The molecule has 1 atom stereocenters. The van der Waals surface area contributed by atoms with Crippen LogP contribution in [0.1, 0.15) is 5.56 Å². The van der Waals surface area contributed by atoms with E-state index >= 15 is 0 Å². The molecule has 1 aliphatic rings. The summed E-state index contributed by atoms with van der Waals surface area (Å²) < 4.78 is 0. The third kappa shape index (κ3) is 1.67. The lowest BCUT2D eigenvalue weighted by Crippen LogP contribution is -2.32. The van der Waals surface area contributed by atoms with E-state index in [4.69, 9.17) is 12.2 Å². The van der Waals surface area contributed by atoms with Gasteiger partial charge in [0.25, 0.3) is 0 Å². The molecular formula is C9H9N3S. The topological polar surface area (TPSA) is 37.0 Å². The van der Waals surface area contributed by atoms with Crippen molar-refractivity contribution in [3.8, 4) is 0 Å². The first-order valence-corrected chi connectivity index (χ1v) is 4.46. The monoisotopic (exact) mass is 191 g/mol. The van der Waals surface area contributed by atoms with Crippen molar-refractivity contribution in [2.45, 2.75) is 6.17 Å². The molecule has 2 rings (SSSR count). The normalized spacial score (nSPS) is 20.0. The molecule has 1 aromatic heterocycles. The minimum Gasteiger partial charge on any atom is -0.366 e. The van der Waals surface area contributed by atoms with Gasteiger partial charge in [0.05, 0.1) is 5.70 Å². The molecule has 0 radical (unpaired) electrons. The molecule has 0 spiro atoms. The quantitative estimate of drug-likeness (QED) is 0.681. The van der Waals surface area contributed by atoms with E-state index in [1.807, 2.05) is 18.3 Å². The molecule has 1 aromatic rings. The Hall–Kier alpha value is -1.42. The summed E-state index contributed by atoms with van der Waals surface area (Å²) in [5.74, 6) is 0. The van der Waals surface area contributed by atoms with Crippen LogP contribution >= 0.6 is 12.2 Å². The molecule has 2 N–H and O–H groups in total. The standard InChI is InChI=1S/C9H9N3S/c13-6-9-11-5-8(12-9)7-1-3-10-4-2-7/h1-6,9,11-12H. The van der Waals surface area contributed by atoms with E-state index in [0.29, 0.717) is 0 Å². The minimum absolute atomic E-state index is 0.0677. The van der Waals surface area contributed by atoms with Gasteiger partial charge in [0.15, 0.2) is 0 Å². The summed E-state index contributed by atoms with van der Waals surface area (Å²) in [7, 11) is 0. The number of nitrogens with one attached hydrogen (secondary N) is 2. The summed E-state index contributed by atoms with van der Waals surface area (Å²) in [5.41, 5.74) is 2.16. The first kappa shape index (κ1) is 8.19. The van der Waals surface area contributed by atoms with Gasteiger partial charge in [-0.15, -0.1) is 0 Å². The zero-order valence-electron chi connectivity index (χ0n) is 6.90. The Morgan fingerprint density at radius 3 is 2.77 bits per heavy atom. The lowest BCUT2D eigenvalue weighted by molar-refractivity contribution is 0.750. The van der Waals surface area contributed by atoms with Crippen LogP contribution in [-0.2, 0) is 0 Å². The Labute approximate surface area is 81.9 Å². The molecule has 2 heterocycles. The zero-order valence-corrected chi connectivity index (χ0v) is 7.71. The van der Waals surface area contributed by atoms with Gasteiger partial charge in [-0.05, 0) is 12.1 Å². The van der Waals surface area contributed by atoms with E-state index in [0.717, 1.165) is 11.3 Å². The highest BCUT2D eigenvalue weighted by molar-refractivity contribution is 7.79. The highest BCUT2D eigenvalue weighted by Crippen LogP contribution is 2.12. The van der Waals surface area contributed by atoms with Gasteiger partial charge in [-0.2, -0.15) is 0 Å². The molecule has 0 fully saturated rings. The van der Waals surface area contributed by atoms with Gasteiger partial charge in [-0.3, -0.25) is 4.98 Å². The Morgan fingerprint density at radius 1 is 1.38 bits per heavy atom. The Morgan fingerprint density at radius 2 is 2.15 bits per heavy atom. The number of nitrogens with zero attached hydrogens (tertiary/aromatic N) is 1. The molecule has 0 aromatic carbocycles. The predicted octanol–water partition coefficient (Wildman–Crippen LogP) is 0.899. The number of hydrogen-bond donors (Lipinski definition) is 2. The minimum atomic E-state index is 0.0677. The van der Waals surface area contributed by atoms with Crippen molar-refractivity contribution < 1.29 is 0 Å². The maximum atomic E-state index is 4.82. The lowest BCUT2D eigenvalue weighted by atomic mass is 10.2. The Bertz CT molecular complexity index is 334. The first-order valence-electron chi connectivity index (χ1n) is 3.98. The van der Waals surface area contributed by atoms with Crippen molar-refractivity contribution in [3.63, 3.8) is 0 Å². The zero-order chi connectivity index (χ0) is 9.10. The van der Waals surface area contributed by atoms with Crippen molar-refractivity contribution in [2.75, 3.05) is 0 Å². The summed E-state index contributed by atoms with van der Waals surface area (Å²) >= 11 is 4.82. The second-order valence-corrected chi connectivity index (χ2v) is 2.99. The van der Waals surface area contributed by atoms with Crippen LogP contribution in [0.5, 0.6) is 0 Å². The molecule has 0 amide bonds. The van der Waals surface area contributed by atoms with Gasteiger partial charge < -0.3 is 10.6 Å². The molecule has 66 valence electrons. The van der Waals surface area contributed by atoms with Crippen molar-refractivity contribution in [1.29, 1.82) is 0 Å². The van der Waals surface area contributed by atoms with E-state index in [9.17, 15) is 0 Å². The third-order valence-electron chi connectivity index (χ3n) is 1.85. The number of aromatic nitrogens is 1. The molecule has 13 heavy (non-hydrogen) atoms. The van der Waals surface area contributed by atoms with Crippen molar-refractivity contribution in [2.24, 2.45) is 0 Å². The van der Waals surface area contributed by atoms with Crippen LogP contribution in [0.15, 0.2) is 30.7 Å². The average molecular weight is 191 g/mol. The molecule has 0 saturated heterocycles. The van der Waals surface area contributed by atoms with Crippen LogP contribution in [0.2, 0.25) is 0 Å². The lowest BCUT2D eigenvalue weighted by Gasteiger charge is -2.07.